The number of rotatable bonds is 4. The van der Waals surface area contributed by atoms with Crippen LogP contribution >= 0.6 is 11.6 Å². The molecular weight excluding hydrogens is 250 g/mol. The van der Waals surface area contributed by atoms with Crippen molar-refractivity contribution in [3.63, 3.8) is 0 Å². The fraction of sp³-hybridized carbons (Fsp3) is 0.0769. The summed E-state index contributed by atoms with van der Waals surface area (Å²) in [6.45, 7) is 3.75. The Hall–Kier alpha value is -2.07. The molecule has 0 fully saturated rings. The summed E-state index contributed by atoms with van der Waals surface area (Å²) in [6, 6.07) is 9.52. The Morgan fingerprint density at radius 1 is 1.39 bits per heavy atom. The molecule has 2 aromatic rings. The van der Waals surface area contributed by atoms with Gasteiger partial charge in [-0.15, -0.1) is 0 Å². The van der Waals surface area contributed by atoms with Gasteiger partial charge in [0.2, 0.25) is 0 Å². The van der Waals surface area contributed by atoms with Crippen molar-refractivity contribution >= 4 is 17.5 Å². The number of amides is 1. The van der Waals surface area contributed by atoms with Crippen LogP contribution in [-0.4, -0.2) is 22.0 Å². The molecule has 5 heteroatoms. The average molecular weight is 262 g/mol. The zero-order valence-corrected chi connectivity index (χ0v) is 10.4. The van der Waals surface area contributed by atoms with Gasteiger partial charge in [-0.1, -0.05) is 36.4 Å². The number of carbonyl (C=O) groups is 1. The zero-order valence-electron chi connectivity index (χ0n) is 9.64. The van der Waals surface area contributed by atoms with Crippen molar-refractivity contribution in [3.8, 4) is 5.69 Å². The topological polar surface area (TPSA) is 46.9 Å². The maximum absolute atomic E-state index is 11.9. The highest BCUT2D eigenvalue weighted by Crippen LogP contribution is 2.10. The van der Waals surface area contributed by atoms with Crippen LogP contribution in [0.3, 0.4) is 0 Å². The summed E-state index contributed by atoms with van der Waals surface area (Å²) in [4.78, 5) is 15.9. The van der Waals surface area contributed by atoms with Gasteiger partial charge in [-0.05, 0) is 12.1 Å². The van der Waals surface area contributed by atoms with Gasteiger partial charge in [-0.3, -0.25) is 9.36 Å². The minimum atomic E-state index is -0.238. The van der Waals surface area contributed by atoms with E-state index in [4.69, 9.17) is 11.6 Å². The second-order valence-electron chi connectivity index (χ2n) is 3.68. The van der Waals surface area contributed by atoms with Crippen LogP contribution in [0.1, 0.15) is 10.5 Å². The van der Waals surface area contributed by atoms with Crippen molar-refractivity contribution in [1.82, 2.24) is 14.9 Å². The Labute approximate surface area is 110 Å². The molecule has 0 aliphatic carbocycles. The Bertz CT molecular complexity index is 563. The van der Waals surface area contributed by atoms with Gasteiger partial charge in [-0.2, -0.15) is 0 Å². The molecule has 0 aliphatic heterocycles. The number of imidazole rings is 1. The smallest absolute Gasteiger partial charge is 0.270 e. The number of para-hydroxylation sites is 1. The van der Waals surface area contributed by atoms with E-state index in [1.807, 2.05) is 30.3 Å². The summed E-state index contributed by atoms with van der Waals surface area (Å²) >= 11 is 5.61. The third-order valence-corrected chi connectivity index (χ3v) is 2.48. The molecule has 0 radical (unpaired) electrons. The Kier molecular flexibility index (Phi) is 3.79. The number of benzene rings is 1. The molecule has 1 aromatic heterocycles. The molecule has 18 heavy (non-hydrogen) atoms. The average Bonchev–Trinajstić information content (AvgIpc) is 2.86. The van der Waals surface area contributed by atoms with Crippen LogP contribution in [0.25, 0.3) is 5.69 Å². The summed E-state index contributed by atoms with van der Waals surface area (Å²) < 4.78 is 1.71. The van der Waals surface area contributed by atoms with Crippen molar-refractivity contribution in [2.24, 2.45) is 0 Å². The highest BCUT2D eigenvalue weighted by molar-refractivity contribution is 6.29. The molecule has 0 saturated heterocycles. The standard InChI is InChI=1S/C13H12ClN3O/c1-10(14)7-16-13(18)12-8-15-9-17(12)11-5-3-2-4-6-11/h2-6,8-9H,1,7H2,(H,16,18). The molecule has 2 rings (SSSR count). The summed E-state index contributed by atoms with van der Waals surface area (Å²) in [6.07, 6.45) is 3.11. The van der Waals surface area contributed by atoms with Crippen LogP contribution in [0.5, 0.6) is 0 Å². The predicted molar refractivity (Wildman–Crippen MR) is 70.9 cm³/mol. The van der Waals surface area contributed by atoms with Gasteiger partial charge in [0.05, 0.1) is 19.1 Å². The Balaban J connectivity index is 2.23. The van der Waals surface area contributed by atoms with Crippen molar-refractivity contribution in [2.45, 2.75) is 0 Å². The molecule has 0 bridgehead atoms. The van der Waals surface area contributed by atoms with Crippen molar-refractivity contribution in [1.29, 1.82) is 0 Å². The van der Waals surface area contributed by atoms with E-state index in [1.54, 1.807) is 10.9 Å². The maximum atomic E-state index is 11.9. The first kappa shape index (κ1) is 12.4. The monoisotopic (exact) mass is 261 g/mol. The highest BCUT2D eigenvalue weighted by Gasteiger charge is 2.12. The lowest BCUT2D eigenvalue weighted by atomic mass is 10.3. The van der Waals surface area contributed by atoms with Crippen LogP contribution in [0.2, 0.25) is 0 Å². The van der Waals surface area contributed by atoms with E-state index in [0.29, 0.717) is 10.7 Å². The molecule has 4 nitrogen and oxygen atoms in total. The first-order valence-corrected chi connectivity index (χ1v) is 5.75. The largest absolute Gasteiger partial charge is 0.346 e. The molecule has 1 heterocycles. The van der Waals surface area contributed by atoms with Gasteiger partial charge in [0.25, 0.3) is 5.91 Å². The zero-order chi connectivity index (χ0) is 13.0. The van der Waals surface area contributed by atoms with Crippen LogP contribution in [-0.2, 0) is 0 Å². The Morgan fingerprint density at radius 2 is 2.11 bits per heavy atom. The summed E-state index contributed by atoms with van der Waals surface area (Å²) in [7, 11) is 0. The van der Waals surface area contributed by atoms with E-state index in [9.17, 15) is 4.79 Å². The minimum Gasteiger partial charge on any atom is -0.346 e. The van der Waals surface area contributed by atoms with Gasteiger partial charge < -0.3 is 5.32 Å². The SMILES string of the molecule is C=C(Cl)CNC(=O)c1cncn1-c1ccccc1. The highest BCUT2D eigenvalue weighted by atomic mass is 35.5. The van der Waals surface area contributed by atoms with Crippen LogP contribution in [0.15, 0.2) is 54.5 Å². The van der Waals surface area contributed by atoms with Gasteiger partial charge in [0, 0.05) is 10.7 Å². The van der Waals surface area contributed by atoms with Gasteiger partial charge in [0.15, 0.2) is 0 Å². The predicted octanol–water partition coefficient (Wildman–Crippen LogP) is 2.35. The second kappa shape index (κ2) is 5.51. The molecule has 0 saturated carbocycles. The van der Waals surface area contributed by atoms with E-state index in [0.717, 1.165) is 5.69 Å². The molecule has 1 aromatic carbocycles. The molecule has 0 unspecified atom stereocenters. The van der Waals surface area contributed by atoms with Crippen molar-refractivity contribution in [2.75, 3.05) is 6.54 Å². The Morgan fingerprint density at radius 3 is 2.78 bits per heavy atom. The lowest BCUT2D eigenvalue weighted by Gasteiger charge is -2.08. The number of nitrogens with one attached hydrogen (secondary N) is 1. The third kappa shape index (κ3) is 2.78. The van der Waals surface area contributed by atoms with E-state index in [-0.39, 0.29) is 12.5 Å². The summed E-state index contributed by atoms with van der Waals surface area (Å²) in [5.74, 6) is -0.238. The van der Waals surface area contributed by atoms with Gasteiger partial charge in [0.1, 0.15) is 5.69 Å². The molecule has 0 aliphatic rings. The first-order chi connectivity index (χ1) is 8.68. The molecule has 1 amide bonds. The number of hydrogen-bond acceptors (Lipinski definition) is 2. The maximum Gasteiger partial charge on any atom is 0.270 e. The molecule has 0 spiro atoms. The van der Waals surface area contributed by atoms with Gasteiger partial charge >= 0.3 is 0 Å². The third-order valence-electron chi connectivity index (χ3n) is 2.35. The van der Waals surface area contributed by atoms with Crippen LogP contribution in [0, 0.1) is 0 Å². The van der Waals surface area contributed by atoms with Crippen molar-refractivity contribution < 1.29 is 4.79 Å². The summed E-state index contributed by atoms with van der Waals surface area (Å²) in [5.41, 5.74) is 1.34. The fourth-order valence-corrected chi connectivity index (χ4v) is 1.59. The molecule has 0 atom stereocenters. The van der Waals surface area contributed by atoms with Crippen LogP contribution < -0.4 is 5.32 Å². The molecule has 92 valence electrons. The van der Waals surface area contributed by atoms with E-state index < -0.39 is 0 Å². The number of hydrogen-bond donors (Lipinski definition) is 1. The first-order valence-electron chi connectivity index (χ1n) is 5.37. The minimum absolute atomic E-state index is 0.236. The lowest BCUT2D eigenvalue weighted by molar-refractivity contribution is 0.0951. The number of aromatic nitrogens is 2. The quantitative estimate of drug-likeness (QED) is 0.918. The normalized spacial score (nSPS) is 10.1. The van der Waals surface area contributed by atoms with E-state index in [2.05, 4.69) is 16.9 Å². The molecular formula is C13H12ClN3O. The van der Waals surface area contributed by atoms with Crippen molar-refractivity contribution in [3.05, 3.63) is 60.2 Å². The fourth-order valence-electron chi connectivity index (χ4n) is 1.52. The lowest BCUT2D eigenvalue weighted by Crippen LogP contribution is -2.26. The number of halogens is 1. The van der Waals surface area contributed by atoms with Gasteiger partial charge in [-0.25, -0.2) is 4.98 Å². The molecule has 1 N–H and O–H groups in total. The second-order valence-corrected chi connectivity index (χ2v) is 4.22. The number of carbonyl (C=O) groups excluding carboxylic acids is 1. The van der Waals surface area contributed by atoms with E-state index >= 15 is 0 Å². The summed E-state index contributed by atoms with van der Waals surface area (Å²) in [5, 5.41) is 3.05. The van der Waals surface area contributed by atoms with Crippen LogP contribution in [0.4, 0.5) is 0 Å². The number of nitrogens with zero attached hydrogens (tertiary/aromatic N) is 2. The van der Waals surface area contributed by atoms with E-state index in [1.165, 1.54) is 6.20 Å².